The van der Waals surface area contributed by atoms with Crippen molar-refractivity contribution in [2.75, 3.05) is 13.2 Å². The summed E-state index contributed by atoms with van der Waals surface area (Å²) in [6, 6.07) is 0.624. The largest absolute Gasteiger partial charge is 0.396 e. The molecule has 1 atom stereocenters. The fourth-order valence-electron chi connectivity index (χ4n) is 2.12. The molecule has 15 heavy (non-hydrogen) atoms. The van der Waals surface area contributed by atoms with Gasteiger partial charge in [-0.05, 0) is 32.1 Å². The van der Waals surface area contributed by atoms with Gasteiger partial charge in [-0.25, -0.2) is 0 Å². The van der Waals surface area contributed by atoms with Crippen LogP contribution in [0.25, 0.3) is 0 Å². The first kappa shape index (κ1) is 12.7. The van der Waals surface area contributed by atoms with Crippen LogP contribution in [0, 0.1) is 5.41 Å². The van der Waals surface area contributed by atoms with Crippen molar-refractivity contribution < 1.29 is 5.11 Å². The maximum absolute atomic E-state index is 9.45. The molecule has 88 valence electrons. The van der Waals surface area contributed by atoms with Crippen LogP contribution in [0.2, 0.25) is 0 Å². The number of rotatable bonds is 6. The second-order valence-electron chi connectivity index (χ2n) is 4.73. The summed E-state index contributed by atoms with van der Waals surface area (Å²) in [4.78, 5) is 0. The Labute approximate surface area is 93.8 Å². The smallest absolute Gasteiger partial charge is 0.0499 e. The topological polar surface area (TPSA) is 32.3 Å². The van der Waals surface area contributed by atoms with Crippen molar-refractivity contribution in [2.45, 2.75) is 52.0 Å². The Balaban J connectivity index is 2.35. The highest BCUT2D eigenvalue weighted by Crippen LogP contribution is 2.25. The number of aliphatic hydroxyl groups excluding tert-OH is 1. The molecule has 0 saturated carbocycles. The van der Waals surface area contributed by atoms with Gasteiger partial charge < -0.3 is 10.4 Å². The van der Waals surface area contributed by atoms with E-state index in [4.69, 9.17) is 0 Å². The van der Waals surface area contributed by atoms with E-state index in [0.717, 1.165) is 25.8 Å². The quantitative estimate of drug-likeness (QED) is 0.662. The zero-order valence-corrected chi connectivity index (χ0v) is 10.1. The molecule has 0 bridgehead atoms. The molecule has 0 aromatic carbocycles. The zero-order valence-electron chi connectivity index (χ0n) is 10.1. The van der Waals surface area contributed by atoms with Crippen LogP contribution in [0.1, 0.15) is 46.0 Å². The van der Waals surface area contributed by atoms with Crippen molar-refractivity contribution in [1.29, 1.82) is 0 Å². The number of hydrogen-bond donors (Lipinski definition) is 2. The van der Waals surface area contributed by atoms with Gasteiger partial charge in [-0.1, -0.05) is 26.0 Å². The minimum Gasteiger partial charge on any atom is -0.396 e. The van der Waals surface area contributed by atoms with Crippen LogP contribution in [-0.4, -0.2) is 24.3 Å². The lowest BCUT2D eigenvalue weighted by molar-refractivity contribution is 0.109. The van der Waals surface area contributed by atoms with Gasteiger partial charge in [0.05, 0.1) is 0 Å². The Hall–Kier alpha value is -0.340. The first-order chi connectivity index (χ1) is 7.26. The Morgan fingerprint density at radius 2 is 2.07 bits per heavy atom. The van der Waals surface area contributed by atoms with E-state index < -0.39 is 0 Å². The Morgan fingerprint density at radius 1 is 1.33 bits per heavy atom. The second-order valence-corrected chi connectivity index (χ2v) is 4.73. The van der Waals surface area contributed by atoms with Gasteiger partial charge in [0.1, 0.15) is 0 Å². The predicted octanol–water partition coefficient (Wildman–Crippen LogP) is 2.48. The van der Waals surface area contributed by atoms with E-state index in [1.165, 1.54) is 12.8 Å². The van der Waals surface area contributed by atoms with Crippen LogP contribution in [0.15, 0.2) is 12.2 Å². The molecule has 0 saturated heterocycles. The maximum Gasteiger partial charge on any atom is 0.0499 e. The molecule has 0 aliphatic heterocycles. The van der Waals surface area contributed by atoms with E-state index in [0.29, 0.717) is 12.6 Å². The first-order valence-electron chi connectivity index (χ1n) is 6.25. The summed E-state index contributed by atoms with van der Waals surface area (Å²) < 4.78 is 0. The Morgan fingerprint density at radius 3 is 2.53 bits per heavy atom. The highest BCUT2D eigenvalue weighted by Gasteiger charge is 2.25. The molecular weight excluding hydrogens is 186 g/mol. The fraction of sp³-hybridized carbons (Fsp3) is 0.846. The van der Waals surface area contributed by atoms with Crippen molar-refractivity contribution >= 4 is 0 Å². The lowest BCUT2D eigenvalue weighted by Gasteiger charge is -2.32. The minimum atomic E-state index is 0.0984. The molecule has 0 heterocycles. The van der Waals surface area contributed by atoms with E-state index >= 15 is 0 Å². The van der Waals surface area contributed by atoms with E-state index in [1.807, 2.05) is 0 Å². The van der Waals surface area contributed by atoms with Gasteiger partial charge in [0.25, 0.3) is 0 Å². The normalized spacial score (nSPS) is 21.9. The van der Waals surface area contributed by atoms with E-state index in [-0.39, 0.29) is 5.41 Å². The van der Waals surface area contributed by atoms with Crippen molar-refractivity contribution in [1.82, 2.24) is 5.32 Å². The van der Waals surface area contributed by atoms with Crippen LogP contribution in [0.4, 0.5) is 0 Å². The van der Waals surface area contributed by atoms with Gasteiger partial charge in [-0.3, -0.25) is 0 Å². The molecule has 0 amide bonds. The standard InChI is InChI=1S/C13H25NO/c1-3-13(4-2,11-15)10-14-12-8-6-5-7-9-12/h5-6,12,14-15H,3-4,7-11H2,1-2H3. The van der Waals surface area contributed by atoms with E-state index in [1.54, 1.807) is 0 Å². The van der Waals surface area contributed by atoms with Crippen molar-refractivity contribution in [3.8, 4) is 0 Å². The number of nitrogens with one attached hydrogen (secondary N) is 1. The Bertz CT molecular complexity index is 188. The van der Waals surface area contributed by atoms with E-state index in [2.05, 4.69) is 31.3 Å². The molecule has 2 N–H and O–H groups in total. The van der Waals surface area contributed by atoms with Crippen molar-refractivity contribution in [2.24, 2.45) is 5.41 Å². The van der Waals surface area contributed by atoms with Gasteiger partial charge >= 0.3 is 0 Å². The second kappa shape index (κ2) is 6.29. The molecule has 0 radical (unpaired) electrons. The molecule has 2 nitrogen and oxygen atoms in total. The molecule has 1 unspecified atom stereocenters. The highest BCUT2D eigenvalue weighted by molar-refractivity contribution is 4.93. The summed E-state index contributed by atoms with van der Waals surface area (Å²) in [6.45, 7) is 5.59. The summed E-state index contributed by atoms with van der Waals surface area (Å²) in [5.41, 5.74) is 0.0984. The minimum absolute atomic E-state index is 0.0984. The monoisotopic (exact) mass is 211 g/mol. The van der Waals surface area contributed by atoms with Crippen LogP contribution in [0.3, 0.4) is 0 Å². The lowest BCUT2D eigenvalue weighted by Crippen LogP contribution is -2.41. The molecule has 0 aromatic rings. The van der Waals surface area contributed by atoms with Crippen LogP contribution in [0.5, 0.6) is 0 Å². The molecule has 2 heteroatoms. The van der Waals surface area contributed by atoms with Gasteiger partial charge in [0.15, 0.2) is 0 Å². The number of aliphatic hydroxyl groups is 1. The van der Waals surface area contributed by atoms with Crippen LogP contribution in [-0.2, 0) is 0 Å². The molecule has 0 fully saturated rings. The lowest BCUT2D eigenvalue weighted by atomic mass is 9.82. The average Bonchev–Trinajstić information content (AvgIpc) is 2.33. The third-order valence-corrected chi connectivity index (χ3v) is 3.87. The average molecular weight is 211 g/mol. The fourth-order valence-corrected chi connectivity index (χ4v) is 2.12. The van der Waals surface area contributed by atoms with Crippen molar-refractivity contribution in [3.63, 3.8) is 0 Å². The molecule has 1 aliphatic rings. The predicted molar refractivity (Wildman–Crippen MR) is 64.9 cm³/mol. The summed E-state index contributed by atoms with van der Waals surface area (Å²) in [5, 5.41) is 13.1. The van der Waals surface area contributed by atoms with Crippen LogP contribution < -0.4 is 5.32 Å². The molecule has 1 rings (SSSR count). The summed E-state index contributed by atoms with van der Waals surface area (Å²) in [7, 11) is 0. The molecule has 0 spiro atoms. The van der Waals surface area contributed by atoms with E-state index in [9.17, 15) is 5.11 Å². The Kier molecular flexibility index (Phi) is 5.34. The molecular formula is C13H25NO. The van der Waals surface area contributed by atoms with Crippen LogP contribution >= 0.6 is 0 Å². The summed E-state index contributed by atoms with van der Waals surface area (Å²) in [6.07, 6.45) is 10.2. The highest BCUT2D eigenvalue weighted by atomic mass is 16.3. The summed E-state index contributed by atoms with van der Waals surface area (Å²) in [5.74, 6) is 0. The summed E-state index contributed by atoms with van der Waals surface area (Å²) >= 11 is 0. The van der Waals surface area contributed by atoms with Gasteiger partial charge in [-0.15, -0.1) is 0 Å². The zero-order chi connectivity index (χ0) is 11.1. The number of hydrogen-bond acceptors (Lipinski definition) is 2. The number of allylic oxidation sites excluding steroid dienone is 1. The van der Waals surface area contributed by atoms with Crippen molar-refractivity contribution in [3.05, 3.63) is 12.2 Å². The SMILES string of the molecule is CCC(CC)(CO)CNC1CC=CCC1. The van der Waals surface area contributed by atoms with Gasteiger partial charge in [-0.2, -0.15) is 0 Å². The maximum atomic E-state index is 9.45. The van der Waals surface area contributed by atoms with Gasteiger partial charge in [0.2, 0.25) is 0 Å². The first-order valence-corrected chi connectivity index (χ1v) is 6.25. The third kappa shape index (κ3) is 3.62. The third-order valence-electron chi connectivity index (χ3n) is 3.87. The molecule has 1 aliphatic carbocycles. The molecule has 0 aromatic heterocycles. The van der Waals surface area contributed by atoms with Gasteiger partial charge in [0, 0.05) is 24.6 Å².